The van der Waals surface area contributed by atoms with E-state index >= 15 is 0 Å². The van der Waals surface area contributed by atoms with E-state index in [2.05, 4.69) is 5.32 Å². The van der Waals surface area contributed by atoms with Crippen LogP contribution < -0.4 is 5.32 Å². The second-order valence-electron chi connectivity index (χ2n) is 6.83. The zero-order chi connectivity index (χ0) is 18.6. The predicted octanol–water partition coefficient (Wildman–Crippen LogP) is 6.01. The first-order valence-electron chi connectivity index (χ1n) is 8.95. The summed E-state index contributed by atoms with van der Waals surface area (Å²) in [7, 11) is 0. The lowest BCUT2D eigenvalue weighted by Crippen LogP contribution is -2.24. The van der Waals surface area contributed by atoms with Gasteiger partial charge in [0, 0.05) is 18.0 Å². The second-order valence-corrected chi connectivity index (χ2v) is 6.83. The standard InChI is InChI=1S/C21H22F3NO/c22-21(23,24)17-12-10-15(11-13-17)19(25-18-7-2-1-3-8-18)14-16-6-4-5-9-20(16)26/h1-3,7-8,10-13,16,19,25H,4-6,9,14H2. The number of rotatable bonds is 5. The molecular weight excluding hydrogens is 339 g/mol. The molecule has 1 fully saturated rings. The van der Waals surface area contributed by atoms with Gasteiger partial charge in [-0.05, 0) is 49.1 Å². The van der Waals surface area contributed by atoms with E-state index in [1.165, 1.54) is 12.1 Å². The molecule has 0 saturated heterocycles. The van der Waals surface area contributed by atoms with E-state index in [9.17, 15) is 18.0 Å². The summed E-state index contributed by atoms with van der Waals surface area (Å²) in [6, 6.07) is 14.6. The highest BCUT2D eigenvalue weighted by Crippen LogP contribution is 2.34. The van der Waals surface area contributed by atoms with E-state index in [1.54, 1.807) is 0 Å². The molecule has 0 spiro atoms. The maximum absolute atomic E-state index is 12.8. The molecular formula is C21H22F3NO. The number of benzene rings is 2. The number of alkyl halides is 3. The van der Waals surface area contributed by atoms with Gasteiger partial charge in [-0.25, -0.2) is 0 Å². The van der Waals surface area contributed by atoms with Crippen molar-refractivity contribution in [2.24, 2.45) is 5.92 Å². The Morgan fingerprint density at radius 3 is 2.31 bits per heavy atom. The van der Waals surface area contributed by atoms with Gasteiger partial charge in [0.05, 0.1) is 11.6 Å². The van der Waals surface area contributed by atoms with Crippen LogP contribution in [0.2, 0.25) is 0 Å². The van der Waals surface area contributed by atoms with Gasteiger partial charge in [0.15, 0.2) is 0 Å². The summed E-state index contributed by atoms with van der Waals surface area (Å²) in [4.78, 5) is 12.2. The number of hydrogen-bond acceptors (Lipinski definition) is 2. The number of Topliss-reactive ketones (excluding diaryl/α,β-unsaturated/α-hetero) is 1. The molecule has 2 nitrogen and oxygen atoms in total. The monoisotopic (exact) mass is 361 g/mol. The normalized spacial score (nSPS) is 19.2. The third-order valence-corrected chi connectivity index (χ3v) is 4.96. The van der Waals surface area contributed by atoms with E-state index < -0.39 is 11.7 Å². The Hall–Kier alpha value is -2.30. The maximum atomic E-state index is 12.8. The van der Waals surface area contributed by atoms with Crippen LogP contribution in [0, 0.1) is 5.92 Å². The van der Waals surface area contributed by atoms with Gasteiger partial charge in [-0.2, -0.15) is 13.2 Å². The van der Waals surface area contributed by atoms with Crippen molar-refractivity contribution in [1.82, 2.24) is 0 Å². The van der Waals surface area contributed by atoms with Crippen LogP contribution in [-0.4, -0.2) is 5.78 Å². The first-order valence-corrected chi connectivity index (χ1v) is 8.95. The van der Waals surface area contributed by atoms with E-state index in [0.717, 1.165) is 42.6 Å². The van der Waals surface area contributed by atoms with Crippen LogP contribution in [0.3, 0.4) is 0 Å². The largest absolute Gasteiger partial charge is 0.416 e. The summed E-state index contributed by atoms with van der Waals surface area (Å²) < 4.78 is 38.5. The number of ketones is 1. The van der Waals surface area contributed by atoms with Gasteiger partial charge >= 0.3 is 6.18 Å². The molecule has 0 bridgehead atoms. The van der Waals surface area contributed by atoms with Crippen LogP contribution in [0.15, 0.2) is 54.6 Å². The van der Waals surface area contributed by atoms with Crippen LogP contribution in [0.4, 0.5) is 18.9 Å². The van der Waals surface area contributed by atoms with E-state index in [4.69, 9.17) is 0 Å². The predicted molar refractivity (Wildman–Crippen MR) is 95.8 cm³/mol. The van der Waals surface area contributed by atoms with Gasteiger partial charge in [0.1, 0.15) is 5.78 Å². The maximum Gasteiger partial charge on any atom is 0.416 e. The average molecular weight is 361 g/mol. The third kappa shape index (κ3) is 4.65. The lowest BCUT2D eigenvalue weighted by Gasteiger charge is -2.27. The number of halogens is 3. The number of nitrogens with one attached hydrogen (secondary N) is 1. The van der Waals surface area contributed by atoms with Crippen molar-refractivity contribution >= 4 is 11.5 Å². The quantitative estimate of drug-likeness (QED) is 0.707. The summed E-state index contributed by atoms with van der Waals surface area (Å²) in [5, 5.41) is 3.39. The van der Waals surface area contributed by atoms with E-state index in [-0.39, 0.29) is 17.7 Å². The molecule has 2 atom stereocenters. The van der Waals surface area contributed by atoms with Gasteiger partial charge < -0.3 is 5.32 Å². The van der Waals surface area contributed by atoms with Gasteiger partial charge in [-0.1, -0.05) is 36.8 Å². The molecule has 2 aromatic rings. The summed E-state index contributed by atoms with van der Waals surface area (Å²) in [6.07, 6.45) is -0.324. The number of para-hydroxylation sites is 1. The average Bonchev–Trinajstić information content (AvgIpc) is 2.63. The fourth-order valence-corrected chi connectivity index (χ4v) is 3.51. The topological polar surface area (TPSA) is 29.1 Å². The highest BCUT2D eigenvalue weighted by molar-refractivity contribution is 5.81. The molecule has 0 heterocycles. The van der Waals surface area contributed by atoms with Gasteiger partial charge in [0.25, 0.3) is 0 Å². The van der Waals surface area contributed by atoms with Crippen molar-refractivity contribution < 1.29 is 18.0 Å². The van der Waals surface area contributed by atoms with Crippen molar-refractivity contribution in [3.8, 4) is 0 Å². The van der Waals surface area contributed by atoms with Gasteiger partial charge in [-0.15, -0.1) is 0 Å². The van der Waals surface area contributed by atoms with E-state index in [1.807, 2.05) is 30.3 Å². The Morgan fingerprint density at radius 1 is 1.00 bits per heavy atom. The van der Waals surface area contributed by atoms with E-state index in [0.29, 0.717) is 12.8 Å². The number of anilines is 1. The van der Waals surface area contributed by atoms with Crippen molar-refractivity contribution in [3.63, 3.8) is 0 Å². The Balaban J connectivity index is 1.83. The number of carbonyl (C=O) groups excluding carboxylic acids is 1. The van der Waals surface area contributed by atoms with Crippen molar-refractivity contribution in [1.29, 1.82) is 0 Å². The van der Waals surface area contributed by atoms with Crippen LogP contribution in [0.25, 0.3) is 0 Å². The summed E-state index contributed by atoms with van der Waals surface area (Å²) in [5.74, 6) is 0.232. The molecule has 3 rings (SSSR count). The second kappa shape index (κ2) is 7.94. The van der Waals surface area contributed by atoms with Crippen LogP contribution >= 0.6 is 0 Å². The highest BCUT2D eigenvalue weighted by atomic mass is 19.4. The zero-order valence-electron chi connectivity index (χ0n) is 14.4. The molecule has 0 amide bonds. The first kappa shape index (κ1) is 18.5. The number of carbonyl (C=O) groups is 1. The van der Waals surface area contributed by atoms with Crippen molar-refractivity contribution in [3.05, 3.63) is 65.7 Å². The molecule has 0 radical (unpaired) electrons. The molecule has 2 aromatic carbocycles. The molecule has 5 heteroatoms. The number of hydrogen-bond donors (Lipinski definition) is 1. The summed E-state index contributed by atoms with van der Waals surface area (Å²) in [5.41, 5.74) is 0.995. The summed E-state index contributed by atoms with van der Waals surface area (Å²) in [6.45, 7) is 0. The zero-order valence-corrected chi connectivity index (χ0v) is 14.4. The fourth-order valence-electron chi connectivity index (χ4n) is 3.51. The Labute approximate surface area is 151 Å². The van der Waals surface area contributed by atoms with Gasteiger partial charge in [-0.3, -0.25) is 4.79 Å². The highest BCUT2D eigenvalue weighted by Gasteiger charge is 2.31. The lowest BCUT2D eigenvalue weighted by atomic mass is 9.82. The molecule has 0 aliphatic heterocycles. The third-order valence-electron chi connectivity index (χ3n) is 4.96. The minimum atomic E-state index is -4.35. The molecule has 1 aliphatic carbocycles. The summed E-state index contributed by atoms with van der Waals surface area (Å²) >= 11 is 0. The van der Waals surface area contributed by atoms with Crippen LogP contribution in [0.5, 0.6) is 0 Å². The van der Waals surface area contributed by atoms with Crippen molar-refractivity contribution in [2.75, 3.05) is 5.32 Å². The Kier molecular flexibility index (Phi) is 5.64. The Morgan fingerprint density at radius 2 is 1.69 bits per heavy atom. The SMILES string of the molecule is O=C1CCCCC1CC(Nc1ccccc1)c1ccc(C(F)(F)F)cc1. The minimum absolute atomic E-state index is 0.0349. The lowest BCUT2D eigenvalue weighted by molar-refractivity contribution is -0.137. The molecule has 138 valence electrons. The first-order chi connectivity index (χ1) is 12.4. The van der Waals surface area contributed by atoms with Crippen LogP contribution in [-0.2, 0) is 11.0 Å². The Bertz CT molecular complexity index is 725. The van der Waals surface area contributed by atoms with Crippen molar-refractivity contribution in [2.45, 2.75) is 44.3 Å². The molecule has 1 saturated carbocycles. The molecule has 2 unspecified atom stereocenters. The molecule has 1 aliphatic rings. The molecule has 1 N–H and O–H groups in total. The fraction of sp³-hybridized carbons (Fsp3) is 0.381. The molecule has 26 heavy (non-hydrogen) atoms. The minimum Gasteiger partial charge on any atom is -0.378 e. The molecule has 0 aromatic heterocycles. The smallest absolute Gasteiger partial charge is 0.378 e. The van der Waals surface area contributed by atoms with Gasteiger partial charge in [0.2, 0.25) is 0 Å². The van der Waals surface area contributed by atoms with Crippen LogP contribution in [0.1, 0.15) is 49.3 Å².